The fourth-order valence-corrected chi connectivity index (χ4v) is 2.02. The number of nitrogens with two attached hydrogens (primary N) is 1. The molecule has 0 heterocycles. The van der Waals surface area contributed by atoms with Crippen LogP contribution in [-0.2, 0) is 4.74 Å². The van der Waals surface area contributed by atoms with Crippen molar-refractivity contribution in [2.75, 3.05) is 6.54 Å². The molecule has 5 heteroatoms. The average molecular weight is 244 g/mol. The lowest BCUT2D eigenvalue weighted by Gasteiger charge is -2.51. The van der Waals surface area contributed by atoms with Crippen LogP contribution in [0.4, 0.5) is 4.79 Å². The van der Waals surface area contributed by atoms with Gasteiger partial charge in [0.15, 0.2) is 0 Å². The van der Waals surface area contributed by atoms with Crippen LogP contribution >= 0.6 is 0 Å². The van der Waals surface area contributed by atoms with Crippen molar-refractivity contribution in [2.45, 2.75) is 63.7 Å². The maximum atomic E-state index is 11.7. The van der Waals surface area contributed by atoms with Crippen LogP contribution in [0.15, 0.2) is 0 Å². The topological polar surface area (TPSA) is 84.6 Å². The lowest BCUT2D eigenvalue weighted by Crippen LogP contribution is -2.69. The Bertz CT molecular complexity index is 291. The lowest BCUT2D eigenvalue weighted by molar-refractivity contribution is -0.0717. The Morgan fingerprint density at radius 1 is 1.41 bits per heavy atom. The Morgan fingerprint density at radius 2 is 1.94 bits per heavy atom. The Labute approximate surface area is 103 Å². The predicted molar refractivity (Wildman–Crippen MR) is 65.6 cm³/mol. The molecule has 0 aromatic heterocycles. The SMILES string of the molecule is CC(C)(C)OC(=O)NC1(C(C)(O)CN)CCC1. The summed E-state index contributed by atoms with van der Waals surface area (Å²) in [5.41, 5.74) is 3.29. The molecule has 1 aliphatic rings. The molecule has 4 N–H and O–H groups in total. The number of hydrogen-bond donors (Lipinski definition) is 3. The first-order valence-electron chi connectivity index (χ1n) is 6.05. The Hall–Kier alpha value is -0.810. The van der Waals surface area contributed by atoms with E-state index in [4.69, 9.17) is 10.5 Å². The van der Waals surface area contributed by atoms with Gasteiger partial charge in [-0.1, -0.05) is 0 Å². The van der Waals surface area contributed by atoms with E-state index < -0.39 is 22.8 Å². The molecule has 1 amide bonds. The molecule has 1 atom stereocenters. The van der Waals surface area contributed by atoms with E-state index in [-0.39, 0.29) is 6.54 Å². The average Bonchev–Trinajstić information content (AvgIpc) is 2.08. The van der Waals surface area contributed by atoms with Gasteiger partial charge in [-0.3, -0.25) is 0 Å². The molecule has 1 fully saturated rings. The third-order valence-corrected chi connectivity index (χ3v) is 3.38. The van der Waals surface area contributed by atoms with E-state index in [0.29, 0.717) is 0 Å². The minimum absolute atomic E-state index is 0.114. The molecule has 100 valence electrons. The summed E-state index contributed by atoms with van der Waals surface area (Å²) in [6, 6.07) is 0. The normalized spacial score (nSPS) is 22.2. The number of hydrogen-bond acceptors (Lipinski definition) is 4. The van der Waals surface area contributed by atoms with Crippen LogP contribution in [0.5, 0.6) is 0 Å². The third-order valence-electron chi connectivity index (χ3n) is 3.38. The van der Waals surface area contributed by atoms with Crippen LogP contribution in [0, 0.1) is 0 Å². The van der Waals surface area contributed by atoms with Crippen molar-refractivity contribution in [1.82, 2.24) is 5.32 Å². The van der Waals surface area contributed by atoms with E-state index in [9.17, 15) is 9.90 Å². The highest BCUT2D eigenvalue weighted by Gasteiger charge is 2.52. The van der Waals surface area contributed by atoms with E-state index in [1.165, 1.54) is 0 Å². The molecule has 0 aromatic rings. The first kappa shape index (κ1) is 14.3. The molecule has 0 bridgehead atoms. The molecule has 0 saturated heterocycles. The molecule has 0 radical (unpaired) electrons. The number of alkyl carbamates (subject to hydrolysis) is 1. The lowest BCUT2D eigenvalue weighted by atomic mass is 9.66. The predicted octanol–water partition coefficient (Wildman–Crippen LogP) is 1.14. The van der Waals surface area contributed by atoms with Crippen molar-refractivity contribution in [3.63, 3.8) is 0 Å². The second kappa shape index (κ2) is 4.46. The molecule has 1 unspecified atom stereocenters. The summed E-state index contributed by atoms with van der Waals surface area (Å²) < 4.78 is 5.21. The Balaban J connectivity index is 2.68. The van der Waals surface area contributed by atoms with Crippen LogP contribution in [0.1, 0.15) is 47.0 Å². The summed E-state index contributed by atoms with van der Waals surface area (Å²) in [7, 11) is 0. The molecule has 0 aliphatic heterocycles. The van der Waals surface area contributed by atoms with Gasteiger partial charge in [0.25, 0.3) is 0 Å². The van der Waals surface area contributed by atoms with Crippen LogP contribution in [0.3, 0.4) is 0 Å². The minimum atomic E-state index is -1.10. The van der Waals surface area contributed by atoms with Crippen LogP contribution < -0.4 is 11.1 Å². The second-order valence-electron chi connectivity index (χ2n) is 6.04. The van der Waals surface area contributed by atoms with Gasteiger partial charge in [0.1, 0.15) is 5.60 Å². The summed E-state index contributed by atoms with van der Waals surface area (Å²) in [4.78, 5) is 11.7. The minimum Gasteiger partial charge on any atom is -0.444 e. The van der Waals surface area contributed by atoms with Crippen molar-refractivity contribution in [3.8, 4) is 0 Å². The van der Waals surface area contributed by atoms with Crippen molar-refractivity contribution in [3.05, 3.63) is 0 Å². The number of ether oxygens (including phenoxy) is 1. The molecule has 17 heavy (non-hydrogen) atoms. The standard InChI is InChI=1S/C12H24N2O3/c1-10(2,3)17-9(15)14-12(6-5-7-12)11(4,16)8-13/h16H,5-8,13H2,1-4H3,(H,14,15). The first-order chi connectivity index (χ1) is 7.62. The van der Waals surface area contributed by atoms with Gasteiger partial charge in [-0.25, -0.2) is 4.79 Å². The highest BCUT2D eigenvalue weighted by molar-refractivity contribution is 5.69. The molecule has 1 rings (SSSR count). The summed E-state index contributed by atoms with van der Waals surface area (Å²) in [5, 5.41) is 13.0. The van der Waals surface area contributed by atoms with Gasteiger partial charge in [-0.05, 0) is 47.0 Å². The summed E-state index contributed by atoms with van der Waals surface area (Å²) in [6.45, 7) is 7.19. The van der Waals surface area contributed by atoms with Crippen LogP contribution in [-0.4, -0.2) is 34.5 Å². The molecular weight excluding hydrogens is 220 g/mol. The highest BCUT2D eigenvalue weighted by Crippen LogP contribution is 2.40. The fourth-order valence-electron chi connectivity index (χ4n) is 2.02. The maximum Gasteiger partial charge on any atom is 0.408 e. The first-order valence-corrected chi connectivity index (χ1v) is 6.05. The molecule has 0 spiro atoms. The number of aliphatic hydroxyl groups is 1. The van der Waals surface area contributed by atoms with Crippen LogP contribution in [0.25, 0.3) is 0 Å². The van der Waals surface area contributed by atoms with E-state index in [1.807, 2.05) is 0 Å². The van der Waals surface area contributed by atoms with E-state index >= 15 is 0 Å². The summed E-state index contributed by atoms with van der Waals surface area (Å²) in [6.07, 6.45) is 1.95. The van der Waals surface area contributed by atoms with Gasteiger partial charge < -0.3 is 20.9 Å². The van der Waals surface area contributed by atoms with E-state index in [0.717, 1.165) is 19.3 Å². The van der Waals surface area contributed by atoms with Gasteiger partial charge in [0.2, 0.25) is 0 Å². The monoisotopic (exact) mass is 244 g/mol. The number of carbonyl (C=O) groups excluding carboxylic acids is 1. The van der Waals surface area contributed by atoms with Crippen molar-refractivity contribution in [1.29, 1.82) is 0 Å². The summed E-state index contributed by atoms with van der Waals surface area (Å²) >= 11 is 0. The summed E-state index contributed by atoms with van der Waals surface area (Å²) in [5.74, 6) is 0. The zero-order valence-corrected chi connectivity index (χ0v) is 11.2. The van der Waals surface area contributed by atoms with Gasteiger partial charge in [0, 0.05) is 6.54 Å². The Morgan fingerprint density at radius 3 is 2.24 bits per heavy atom. The zero-order chi connectivity index (χ0) is 13.3. The Kier molecular flexibility index (Phi) is 3.74. The number of rotatable bonds is 3. The van der Waals surface area contributed by atoms with E-state index in [1.54, 1.807) is 27.7 Å². The van der Waals surface area contributed by atoms with Gasteiger partial charge in [0.05, 0.1) is 11.1 Å². The molecule has 1 saturated carbocycles. The van der Waals surface area contributed by atoms with E-state index in [2.05, 4.69) is 5.32 Å². The number of nitrogens with one attached hydrogen (secondary N) is 1. The number of amides is 1. The zero-order valence-electron chi connectivity index (χ0n) is 11.2. The maximum absolute atomic E-state index is 11.7. The molecular formula is C12H24N2O3. The van der Waals surface area contributed by atoms with Gasteiger partial charge >= 0.3 is 6.09 Å². The smallest absolute Gasteiger partial charge is 0.408 e. The van der Waals surface area contributed by atoms with Crippen molar-refractivity contribution in [2.24, 2.45) is 5.73 Å². The number of carbonyl (C=O) groups is 1. The van der Waals surface area contributed by atoms with Gasteiger partial charge in [-0.2, -0.15) is 0 Å². The van der Waals surface area contributed by atoms with Crippen LogP contribution in [0.2, 0.25) is 0 Å². The molecule has 5 nitrogen and oxygen atoms in total. The highest BCUT2D eigenvalue weighted by atomic mass is 16.6. The molecule has 1 aliphatic carbocycles. The van der Waals surface area contributed by atoms with Crippen molar-refractivity contribution < 1.29 is 14.6 Å². The van der Waals surface area contributed by atoms with Gasteiger partial charge in [-0.15, -0.1) is 0 Å². The fraction of sp³-hybridized carbons (Fsp3) is 0.917. The molecule has 0 aromatic carbocycles. The quantitative estimate of drug-likeness (QED) is 0.695. The second-order valence-corrected chi connectivity index (χ2v) is 6.04. The van der Waals surface area contributed by atoms with Crippen molar-refractivity contribution >= 4 is 6.09 Å². The third kappa shape index (κ3) is 3.10. The largest absolute Gasteiger partial charge is 0.444 e.